The summed E-state index contributed by atoms with van der Waals surface area (Å²) in [6, 6.07) is 7.50. The van der Waals surface area contributed by atoms with E-state index in [0.29, 0.717) is 17.9 Å². The van der Waals surface area contributed by atoms with Crippen molar-refractivity contribution in [2.24, 2.45) is 0 Å². The predicted molar refractivity (Wildman–Crippen MR) is 73.8 cm³/mol. The summed E-state index contributed by atoms with van der Waals surface area (Å²) in [5.74, 6) is 0.618. The summed E-state index contributed by atoms with van der Waals surface area (Å²) in [5, 5.41) is 21.8. The Morgan fingerprint density at radius 1 is 1.55 bits per heavy atom. The number of ether oxygens (including phenoxy) is 1. The fourth-order valence-electron chi connectivity index (χ4n) is 2.32. The van der Waals surface area contributed by atoms with Crippen LogP contribution in [0, 0.1) is 11.3 Å². The minimum atomic E-state index is -0.893. The summed E-state index contributed by atoms with van der Waals surface area (Å²) >= 11 is 0. The zero-order valence-corrected chi connectivity index (χ0v) is 11.0. The monoisotopic (exact) mass is 268 g/mol. The fourth-order valence-corrected chi connectivity index (χ4v) is 2.32. The number of dihydropyridines is 1. The lowest BCUT2D eigenvalue weighted by molar-refractivity contribution is 0.108. The van der Waals surface area contributed by atoms with Crippen molar-refractivity contribution in [2.75, 3.05) is 0 Å². The van der Waals surface area contributed by atoms with Gasteiger partial charge in [0.15, 0.2) is 0 Å². The molecular formula is C14H13BN2O3. The van der Waals surface area contributed by atoms with Gasteiger partial charge in [0.05, 0.1) is 12.2 Å². The molecule has 1 aromatic carbocycles. The summed E-state index contributed by atoms with van der Waals surface area (Å²) in [4.78, 5) is 0. The van der Waals surface area contributed by atoms with E-state index in [1.165, 1.54) is 0 Å². The van der Waals surface area contributed by atoms with Crippen molar-refractivity contribution in [3.8, 4) is 11.8 Å². The van der Waals surface area contributed by atoms with E-state index in [2.05, 4.69) is 11.4 Å². The van der Waals surface area contributed by atoms with Crippen molar-refractivity contribution in [3.63, 3.8) is 0 Å². The zero-order valence-electron chi connectivity index (χ0n) is 11.0. The van der Waals surface area contributed by atoms with Crippen LogP contribution in [0.5, 0.6) is 5.75 Å². The van der Waals surface area contributed by atoms with Crippen LogP contribution in [0.15, 0.2) is 42.1 Å². The minimum Gasteiger partial charge on any atom is -0.463 e. The van der Waals surface area contributed by atoms with E-state index in [-0.39, 0.29) is 0 Å². The van der Waals surface area contributed by atoms with E-state index in [9.17, 15) is 5.02 Å². The molecule has 6 heteroatoms. The number of benzene rings is 1. The highest BCUT2D eigenvalue weighted by atomic mass is 16.5. The van der Waals surface area contributed by atoms with Crippen molar-refractivity contribution in [1.82, 2.24) is 5.32 Å². The molecule has 20 heavy (non-hydrogen) atoms. The fraction of sp³-hybridized carbons (Fsp3) is 0.214. The van der Waals surface area contributed by atoms with Gasteiger partial charge in [0.25, 0.3) is 0 Å². The average molecular weight is 268 g/mol. The first-order valence-electron chi connectivity index (χ1n) is 6.29. The van der Waals surface area contributed by atoms with Crippen LogP contribution < -0.4 is 15.5 Å². The molecule has 1 atom stereocenters. The summed E-state index contributed by atoms with van der Waals surface area (Å²) < 4.78 is 11.1. The molecule has 0 radical (unpaired) electrons. The van der Waals surface area contributed by atoms with Gasteiger partial charge in [-0.1, -0.05) is 6.07 Å². The lowest BCUT2D eigenvalue weighted by atomic mass is 9.79. The van der Waals surface area contributed by atoms with E-state index in [1.807, 2.05) is 6.07 Å². The number of allylic oxidation sites excluding steroid dienone is 2. The third-order valence-electron chi connectivity index (χ3n) is 3.45. The van der Waals surface area contributed by atoms with Crippen molar-refractivity contribution < 1.29 is 14.4 Å². The molecule has 2 aliphatic heterocycles. The van der Waals surface area contributed by atoms with Crippen LogP contribution in [0.2, 0.25) is 0 Å². The molecule has 0 spiro atoms. The van der Waals surface area contributed by atoms with Gasteiger partial charge in [-0.05, 0) is 35.3 Å². The molecule has 2 aliphatic rings. The molecule has 0 saturated heterocycles. The van der Waals surface area contributed by atoms with Crippen LogP contribution >= 0.6 is 0 Å². The van der Waals surface area contributed by atoms with E-state index in [0.717, 1.165) is 11.0 Å². The number of nitrogens with zero attached hydrogens (tertiary/aromatic N) is 1. The number of nitrogens with one attached hydrogen (secondary N) is 1. The molecule has 2 heterocycles. The number of rotatable bonds is 2. The summed E-state index contributed by atoms with van der Waals surface area (Å²) in [6.07, 6.45) is 5.22. The highest BCUT2D eigenvalue weighted by Crippen LogP contribution is 2.26. The Hall–Kier alpha value is -2.23. The van der Waals surface area contributed by atoms with Gasteiger partial charge >= 0.3 is 7.12 Å². The summed E-state index contributed by atoms with van der Waals surface area (Å²) in [7, 11) is -0.861. The van der Waals surface area contributed by atoms with E-state index in [4.69, 9.17) is 14.7 Å². The molecule has 100 valence electrons. The molecule has 0 fully saturated rings. The molecule has 0 amide bonds. The Morgan fingerprint density at radius 2 is 2.40 bits per heavy atom. The molecule has 5 nitrogen and oxygen atoms in total. The van der Waals surface area contributed by atoms with Gasteiger partial charge < -0.3 is 19.7 Å². The molecule has 0 saturated carbocycles. The molecule has 0 aromatic heterocycles. The highest BCUT2D eigenvalue weighted by molar-refractivity contribution is 6.61. The molecule has 0 aliphatic carbocycles. The third-order valence-corrected chi connectivity index (χ3v) is 3.45. The first kappa shape index (κ1) is 12.8. The lowest BCUT2D eigenvalue weighted by Gasteiger charge is -2.32. The van der Waals surface area contributed by atoms with Gasteiger partial charge in [0.2, 0.25) is 5.72 Å². The Labute approximate surface area is 117 Å². The normalized spacial score (nSPS) is 23.6. The van der Waals surface area contributed by atoms with Gasteiger partial charge in [0, 0.05) is 13.1 Å². The highest BCUT2D eigenvalue weighted by Gasteiger charge is 2.33. The zero-order chi connectivity index (χ0) is 14.2. The number of nitriles is 1. The first-order chi connectivity index (χ1) is 9.62. The Kier molecular flexibility index (Phi) is 3.01. The SMILES string of the molecule is CC1(Oc2ccc3c(c2)COB3O)NC=CC=C1C#N. The van der Waals surface area contributed by atoms with E-state index >= 15 is 0 Å². The van der Waals surface area contributed by atoms with Crippen molar-refractivity contribution in [1.29, 1.82) is 5.26 Å². The lowest BCUT2D eigenvalue weighted by Crippen LogP contribution is -2.47. The van der Waals surface area contributed by atoms with E-state index in [1.54, 1.807) is 37.4 Å². The van der Waals surface area contributed by atoms with Crippen LogP contribution in [-0.4, -0.2) is 17.9 Å². The Bertz CT molecular complexity index is 650. The van der Waals surface area contributed by atoms with Gasteiger partial charge in [-0.3, -0.25) is 0 Å². The average Bonchev–Trinajstić information content (AvgIpc) is 2.80. The first-order valence-corrected chi connectivity index (χ1v) is 6.29. The van der Waals surface area contributed by atoms with E-state index < -0.39 is 12.8 Å². The maximum atomic E-state index is 9.59. The third kappa shape index (κ3) is 2.07. The Balaban J connectivity index is 1.87. The van der Waals surface area contributed by atoms with Gasteiger partial charge in [-0.2, -0.15) is 5.26 Å². The maximum Gasteiger partial charge on any atom is 0.491 e. The number of hydrogen-bond acceptors (Lipinski definition) is 5. The largest absolute Gasteiger partial charge is 0.491 e. The van der Waals surface area contributed by atoms with Gasteiger partial charge in [0.1, 0.15) is 11.8 Å². The molecular weight excluding hydrogens is 255 g/mol. The standard InChI is InChI=1S/C14H13BN2O3/c1-14(11(8-16)3-2-6-17-14)20-12-4-5-13-10(7-12)9-19-15(13)18/h2-7,17-18H,9H2,1H3. The minimum absolute atomic E-state index is 0.360. The maximum absolute atomic E-state index is 9.59. The molecule has 3 rings (SSSR count). The quantitative estimate of drug-likeness (QED) is 0.767. The molecule has 1 unspecified atom stereocenters. The summed E-state index contributed by atoms with van der Waals surface area (Å²) in [6.45, 7) is 2.16. The van der Waals surface area contributed by atoms with Gasteiger partial charge in [-0.25, -0.2) is 0 Å². The molecule has 1 aromatic rings. The van der Waals surface area contributed by atoms with Crippen LogP contribution in [0.1, 0.15) is 12.5 Å². The second-order valence-electron chi connectivity index (χ2n) is 4.85. The molecule has 0 bridgehead atoms. The molecule has 2 N–H and O–H groups in total. The topological polar surface area (TPSA) is 74.5 Å². The summed E-state index contributed by atoms with van der Waals surface area (Å²) in [5.41, 5.74) is 1.26. The van der Waals surface area contributed by atoms with Crippen LogP contribution in [-0.2, 0) is 11.3 Å². The van der Waals surface area contributed by atoms with Crippen LogP contribution in [0.4, 0.5) is 0 Å². The van der Waals surface area contributed by atoms with Crippen molar-refractivity contribution >= 4 is 12.6 Å². The number of hydrogen-bond donors (Lipinski definition) is 2. The smallest absolute Gasteiger partial charge is 0.463 e. The van der Waals surface area contributed by atoms with Crippen molar-refractivity contribution in [3.05, 3.63) is 47.7 Å². The second kappa shape index (κ2) is 4.71. The number of fused-ring (bicyclic) bond motifs is 1. The predicted octanol–water partition coefficient (Wildman–Crippen LogP) is 0.566. The second-order valence-corrected chi connectivity index (χ2v) is 4.85. The van der Waals surface area contributed by atoms with Crippen molar-refractivity contribution in [2.45, 2.75) is 19.3 Å². The van der Waals surface area contributed by atoms with Crippen LogP contribution in [0.3, 0.4) is 0 Å². The Morgan fingerprint density at radius 3 is 3.20 bits per heavy atom. The van der Waals surface area contributed by atoms with Crippen LogP contribution in [0.25, 0.3) is 0 Å². The van der Waals surface area contributed by atoms with Gasteiger partial charge in [-0.15, -0.1) is 0 Å².